The average Bonchev–Trinajstić information content (AvgIpc) is 2.60. The first-order valence-corrected chi connectivity index (χ1v) is 8.20. The van der Waals surface area contributed by atoms with Gasteiger partial charge in [0.15, 0.2) is 6.61 Å². The van der Waals surface area contributed by atoms with E-state index in [1.54, 1.807) is 18.2 Å². The van der Waals surface area contributed by atoms with Crippen molar-refractivity contribution < 1.29 is 19.1 Å². The van der Waals surface area contributed by atoms with Crippen molar-refractivity contribution in [3.63, 3.8) is 0 Å². The van der Waals surface area contributed by atoms with Gasteiger partial charge in [0.05, 0.1) is 17.1 Å². The molecule has 0 radical (unpaired) electrons. The van der Waals surface area contributed by atoms with Gasteiger partial charge in [0.2, 0.25) is 0 Å². The maximum absolute atomic E-state index is 11.9. The van der Waals surface area contributed by atoms with Crippen molar-refractivity contribution in [2.24, 2.45) is 0 Å². The van der Waals surface area contributed by atoms with Crippen molar-refractivity contribution in [3.05, 3.63) is 64.1 Å². The summed E-state index contributed by atoms with van der Waals surface area (Å²) in [6, 6.07) is 14.7. The Labute approximate surface area is 149 Å². The molecular weight excluding hydrogens is 374 g/mol. The smallest absolute Gasteiger partial charge is 0.338 e. The van der Waals surface area contributed by atoms with E-state index in [1.807, 2.05) is 30.3 Å². The maximum Gasteiger partial charge on any atom is 0.338 e. The Morgan fingerprint density at radius 1 is 1.12 bits per heavy atom. The highest BCUT2D eigenvalue weighted by atomic mass is 79.9. The van der Waals surface area contributed by atoms with Crippen LogP contribution < -0.4 is 10.1 Å². The van der Waals surface area contributed by atoms with Gasteiger partial charge in [-0.25, -0.2) is 4.79 Å². The summed E-state index contributed by atoms with van der Waals surface area (Å²) < 4.78 is 10.7. The van der Waals surface area contributed by atoms with Gasteiger partial charge in [0.25, 0.3) is 5.91 Å². The molecule has 0 aliphatic carbocycles. The number of methoxy groups -OCH3 is 1. The summed E-state index contributed by atoms with van der Waals surface area (Å²) in [5.41, 5.74) is 1.48. The lowest BCUT2D eigenvalue weighted by Crippen LogP contribution is -2.30. The van der Waals surface area contributed by atoms with Gasteiger partial charge in [-0.05, 0) is 46.1 Å². The van der Waals surface area contributed by atoms with Crippen molar-refractivity contribution >= 4 is 27.8 Å². The van der Waals surface area contributed by atoms with Crippen LogP contribution in [0.2, 0.25) is 0 Å². The van der Waals surface area contributed by atoms with Crippen molar-refractivity contribution in [2.75, 3.05) is 20.3 Å². The number of rotatable bonds is 7. The van der Waals surface area contributed by atoms with Crippen molar-refractivity contribution in [1.82, 2.24) is 5.32 Å². The van der Waals surface area contributed by atoms with Crippen LogP contribution in [-0.2, 0) is 16.0 Å². The molecule has 2 aromatic rings. The Morgan fingerprint density at radius 3 is 2.54 bits per heavy atom. The second-order valence-corrected chi connectivity index (χ2v) is 5.87. The van der Waals surface area contributed by atoms with Crippen LogP contribution in [0.25, 0.3) is 0 Å². The highest BCUT2D eigenvalue weighted by Crippen LogP contribution is 2.25. The third kappa shape index (κ3) is 5.38. The first kappa shape index (κ1) is 18.0. The lowest BCUT2D eigenvalue weighted by atomic mass is 10.1. The summed E-state index contributed by atoms with van der Waals surface area (Å²) in [6.45, 7) is 0.186. The number of nitrogens with one attached hydrogen (secondary N) is 1. The minimum Gasteiger partial charge on any atom is -0.496 e. The number of carbonyl (C=O) groups excluding carboxylic acids is 2. The molecule has 1 N–H and O–H groups in total. The summed E-state index contributed by atoms with van der Waals surface area (Å²) in [5.74, 6) is -0.270. The number of halogens is 1. The van der Waals surface area contributed by atoms with E-state index in [1.165, 1.54) is 7.11 Å². The van der Waals surface area contributed by atoms with Gasteiger partial charge in [-0.1, -0.05) is 30.3 Å². The Bertz CT molecular complexity index is 703. The fourth-order valence-corrected chi connectivity index (χ4v) is 2.59. The van der Waals surface area contributed by atoms with Crippen molar-refractivity contribution in [2.45, 2.75) is 6.42 Å². The third-order valence-electron chi connectivity index (χ3n) is 3.30. The summed E-state index contributed by atoms with van der Waals surface area (Å²) in [5, 5.41) is 2.72. The largest absolute Gasteiger partial charge is 0.496 e. The molecule has 0 unspecified atom stereocenters. The molecule has 0 heterocycles. The zero-order valence-electron chi connectivity index (χ0n) is 13.3. The summed E-state index contributed by atoms with van der Waals surface area (Å²) in [4.78, 5) is 23.7. The van der Waals surface area contributed by atoms with E-state index in [4.69, 9.17) is 9.47 Å². The number of carbonyl (C=O) groups is 2. The fourth-order valence-electron chi connectivity index (χ4n) is 2.05. The van der Waals surface area contributed by atoms with Crippen LogP contribution in [0.1, 0.15) is 15.9 Å². The van der Waals surface area contributed by atoms with Crippen LogP contribution in [0.5, 0.6) is 5.75 Å². The van der Waals surface area contributed by atoms with E-state index in [-0.39, 0.29) is 12.5 Å². The van der Waals surface area contributed by atoms with Crippen LogP contribution in [0.15, 0.2) is 53.0 Å². The van der Waals surface area contributed by atoms with Gasteiger partial charge < -0.3 is 14.8 Å². The Kier molecular flexibility index (Phi) is 6.81. The van der Waals surface area contributed by atoms with Crippen LogP contribution in [0.4, 0.5) is 0 Å². The third-order valence-corrected chi connectivity index (χ3v) is 3.92. The Hall–Kier alpha value is -2.34. The van der Waals surface area contributed by atoms with E-state index >= 15 is 0 Å². The number of hydrogen-bond acceptors (Lipinski definition) is 4. The minimum atomic E-state index is -0.559. The normalized spacial score (nSPS) is 10.1. The lowest BCUT2D eigenvalue weighted by Gasteiger charge is -2.08. The van der Waals surface area contributed by atoms with E-state index in [0.29, 0.717) is 22.3 Å². The van der Waals surface area contributed by atoms with Crippen LogP contribution in [0, 0.1) is 0 Å². The average molecular weight is 392 g/mol. The fraction of sp³-hybridized carbons (Fsp3) is 0.222. The van der Waals surface area contributed by atoms with Crippen LogP contribution in [-0.4, -0.2) is 32.1 Å². The van der Waals surface area contributed by atoms with Gasteiger partial charge in [-0.3, -0.25) is 4.79 Å². The van der Waals surface area contributed by atoms with Gasteiger partial charge >= 0.3 is 5.97 Å². The minimum absolute atomic E-state index is 0.308. The molecule has 0 aliphatic heterocycles. The number of benzene rings is 2. The Balaban J connectivity index is 1.75. The predicted molar refractivity (Wildman–Crippen MR) is 94.1 cm³/mol. The first-order valence-electron chi connectivity index (χ1n) is 7.41. The van der Waals surface area contributed by atoms with Crippen molar-refractivity contribution in [1.29, 1.82) is 0 Å². The Morgan fingerprint density at radius 2 is 1.88 bits per heavy atom. The van der Waals surface area contributed by atoms with Crippen LogP contribution in [0.3, 0.4) is 0 Å². The topological polar surface area (TPSA) is 64.6 Å². The number of amides is 1. The number of esters is 1. The molecule has 24 heavy (non-hydrogen) atoms. The summed E-state index contributed by atoms with van der Waals surface area (Å²) >= 11 is 3.30. The van der Waals surface area contributed by atoms with Gasteiger partial charge in [0.1, 0.15) is 5.75 Å². The molecule has 1 amide bonds. The van der Waals surface area contributed by atoms with Gasteiger partial charge in [-0.2, -0.15) is 0 Å². The molecule has 6 heteroatoms. The molecule has 0 atom stereocenters. The lowest BCUT2D eigenvalue weighted by molar-refractivity contribution is -0.124. The number of hydrogen-bond donors (Lipinski definition) is 1. The second kappa shape index (κ2) is 9.08. The molecule has 0 aromatic heterocycles. The van der Waals surface area contributed by atoms with Gasteiger partial charge in [-0.15, -0.1) is 0 Å². The molecule has 0 saturated heterocycles. The van der Waals surface area contributed by atoms with Gasteiger partial charge in [0, 0.05) is 6.54 Å². The molecule has 0 spiro atoms. The first-order chi connectivity index (χ1) is 11.6. The molecule has 2 aromatic carbocycles. The molecule has 0 aliphatic rings. The zero-order chi connectivity index (χ0) is 17.4. The summed E-state index contributed by atoms with van der Waals surface area (Å²) in [7, 11) is 1.54. The highest BCUT2D eigenvalue weighted by molar-refractivity contribution is 9.10. The molecule has 2 rings (SSSR count). The molecule has 0 bridgehead atoms. The van der Waals surface area contributed by atoms with Crippen molar-refractivity contribution in [3.8, 4) is 5.75 Å². The SMILES string of the molecule is COc1ccc(C(=O)OCC(=O)NCCc2ccccc2)cc1Br. The van der Waals surface area contributed by atoms with E-state index < -0.39 is 5.97 Å². The van der Waals surface area contributed by atoms with E-state index in [0.717, 1.165) is 12.0 Å². The molecule has 126 valence electrons. The maximum atomic E-state index is 11.9. The monoisotopic (exact) mass is 391 g/mol. The zero-order valence-corrected chi connectivity index (χ0v) is 14.8. The molecule has 0 saturated carbocycles. The molecular formula is C18H18BrNO4. The standard InChI is InChI=1S/C18H18BrNO4/c1-23-16-8-7-14(11-15(16)19)18(22)24-12-17(21)20-10-9-13-5-3-2-4-6-13/h2-8,11H,9-10,12H2,1H3,(H,20,21). The van der Waals surface area contributed by atoms with E-state index in [2.05, 4.69) is 21.2 Å². The predicted octanol–water partition coefficient (Wildman–Crippen LogP) is 2.97. The summed E-state index contributed by atoms with van der Waals surface area (Å²) in [6.07, 6.45) is 0.728. The van der Waals surface area contributed by atoms with Crippen LogP contribution >= 0.6 is 15.9 Å². The second-order valence-electron chi connectivity index (χ2n) is 5.01. The highest BCUT2D eigenvalue weighted by Gasteiger charge is 2.12. The number of ether oxygens (including phenoxy) is 2. The van der Waals surface area contributed by atoms with E-state index in [9.17, 15) is 9.59 Å². The molecule has 0 fully saturated rings. The quantitative estimate of drug-likeness (QED) is 0.736. The molecule has 5 nitrogen and oxygen atoms in total.